The summed E-state index contributed by atoms with van der Waals surface area (Å²) in [7, 11) is -3.23. The SMILES string of the molecule is CS(=O)(=O)c1ccc(CNC(=O)c2ccnc(F)c2)cc1. The Labute approximate surface area is 121 Å². The first-order chi connectivity index (χ1) is 9.86. The van der Waals surface area contributed by atoms with E-state index >= 15 is 0 Å². The van der Waals surface area contributed by atoms with Crippen molar-refractivity contribution in [2.75, 3.05) is 6.26 Å². The number of carbonyl (C=O) groups is 1. The van der Waals surface area contributed by atoms with Crippen LogP contribution in [-0.2, 0) is 16.4 Å². The first-order valence-electron chi connectivity index (χ1n) is 6.05. The molecule has 21 heavy (non-hydrogen) atoms. The van der Waals surface area contributed by atoms with Crippen LogP contribution in [0.15, 0.2) is 47.5 Å². The maximum Gasteiger partial charge on any atom is 0.251 e. The van der Waals surface area contributed by atoms with Crippen molar-refractivity contribution in [2.24, 2.45) is 0 Å². The summed E-state index contributed by atoms with van der Waals surface area (Å²) in [4.78, 5) is 15.4. The number of carbonyl (C=O) groups excluding carboxylic acids is 1. The van der Waals surface area contributed by atoms with Crippen LogP contribution in [0.25, 0.3) is 0 Å². The quantitative estimate of drug-likeness (QED) is 0.870. The van der Waals surface area contributed by atoms with Crippen LogP contribution in [0.5, 0.6) is 0 Å². The molecule has 0 saturated carbocycles. The standard InChI is InChI=1S/C14H13FN2O3S/c1-21(19,20)12-4-2-10(3-5-12)9-17-14(18)11-6-7-16-13(15)8-11/h2-8H,9H2,1H3,(H,17,18). The highest BCUT2D eigenvalue weighted by molar-refractivity contribution is 7.90. The molecule has 0 radical (unpaired) electrons. The second-order valence-electron chi connectivity index (χ2n) is 4.47. The van der Waals surface area contributed by atoms with Crippen molar-refractivity contribution in [1.29, 1.82) is 0 Å². The Balaban J connectivity index is 2.02. The monoisotopic (exact) mass is 308 g/mol. The molecule has 0 unspecified atom stereocenters. The van der Waals surface area contributed by atoms with Crippen LogP contribution >= 0.6 is 0 Å². The molecule has 2 rings (SSSR count). The molecule has 0 fully saturated rings. The van der Waals surface area contributed by atoms with Crippen LogP contribution in [-0.4, -0.2) is 25.6 Å². The Morgan fingerprint density at radius 2 is 1.90 bits per heavy atom. The molecule has 1 aromatic heterocycles. The van der Waals surface area contributed by atoms with E-state index in [0.717, 1.165) is 17.9 Å². The molecule has 0 spiro atoms. The van der Waals surface area contributed by atoms with E-state index in [-0.39, 0.29) is 17.0 Å². The third-order valence-electron chi connectivity index (χ3n) is 2.79. The molecule has 0 saturated heterocycles. The minimum atomic E-state index is -3.23. The summed E-state index contributed by atoms with van der Waals surface area (Å²) in [5.74, 6) is -1.15. The zero-order chi connectivity index (χ0) is 15.5. The van der Waals surface area contributed by atoms with Crippen molar-refractivity contribution < 1.29 is 17.6 Å². The van der Waals surface area contributed by atoms with Gasteiger partial charge in [-0.2, -0.15) is 4.39 Å². The van der Waals surface area contributed by atoms with Gasteiger partial charge in [-0.1, -0.05) is 12.1 Å². The number of benzene rings is 1. The van der Waals surface area contributed by atoms with Crippen molar-refractivity contribution in [3.05, 3.63) is 59.7 Å². The first-order valence-corrected chi connectivity index (χ1v) is 7.94. The fraction of sp³-hybridized carbons (Fsp3) is 0.143. The van der Waals surface area contributed by atoms with Gasteiger partial charge >= 0.3 is 0 Å². The fourth-order valence-electron chi connectivity index (χ4n) is 1.68. The highest BCUT2D eigenvalue weighted by Crippen LogP contribution is 2.10. The van der Waals surface area contributed by atoms with Crippen LogP contribution < -0.4 is 5.32 Å². The van der Waals surface area contributed by atoms with Gasteiger partial charge < -0.3 is 5.32 Å². The topological polar surface area (TPSA) is 76.1 Å². The molecule has 0 aliphatic carbocycles. The van der Waals surface area contributed by atoms with E-state index in [2.05, 4.69) is 10.3 Å². The second-order valence-corrected chi connectivity index (χ2v) is 6.48. The maximum atomic E-state index is 12.9. The molecule has 2 aromatic rings. The van der Waals surface area contributed by atoms with Crippen molar-refractivity contribution in [3.8, 4) is 0 Å². The number of aromatic nitrogens is 1. The van der Waals surface area contributed by atoms with E-state index in [0.29, 0.717) is 0 Å². The van der Waals surface area contributed by atoms with Gasteiger partial charge in [-0.3, -0.25) is 4.79 Å². The zero-order valence-electron chi connectivity index (χ0n) is 11.2. The molecule has 0 aliphatic heterocycles. The number of sulfone groups is 1. The summed E-state index contributed by atoms with van der Waals surface area (Å²) in [6.45, 7) is 0.215. The van der Waals surface area contributed by atoms with Gasteiger partial charge in [-0.05, 0) is 23.8 Å². The van der Waals surface area contributed by atoms with Crippen molar-refractivity contribution in [3.63, 3.8) is 0 Å². The normalized spacial score (nSPS) is 11.1. The van der Waals surface area contributed by atoms with Gasteiger partial charge in [0.1, 0.15) is 0 Å². The number of nitrogens with zero attached hydrogens (tertiary/aromatic N) is 1. The number of nitrogens with one attached hydrogen (secondary N) is 1. The fourth-order valence-corrected chi connectivity index (χ4v) is 2.31. The van der Waals surface area contributed by atoms with E-state index < -0.39 is 21.7 Å². The average molecular weight is 308 g/mol. The average Bonchev–Trinajstić information content (AvgIpc) is 2.44. The Hall–Kier alpha value is -2.28. The third kappa shape index (κ3) is 4.09. The Morgan fingerprint density at radius 1 is 1.24 bits per heavy atom. The molecule has 1 heterocycles. The van der Waals surface area contributed by atoms with E-state index in [4.69, 9.17) is 0 Å². The molecular formula is C14H13FN2O3S. The van der Waals surface area contributed by atoms with E-state index in [1.54, 1.807) is 12.1 Å². The summed E-state index contributed by atoms with van der Waals surface area (Å²) in [6.07, 6.45) is 2.34. The second kappa shape index (κ2) is 6.01. The van der Waals surface area contributed by atoms with Gasteiger partial charge in [0.05, 0.1) is 4.90 Å². The van der Waals surface area contributed by atoms with Crippen LogP contribution in [0.3, 0.4) is 0 Å². The van der Waals surface area contributed by atoms with Gasteiger partial charge in [0.15, 0.2) is 9.84 Å². The van der Waals surface area contributed by atoms with E-state index in [1.165, 1.54) is 24.4 Å². The summed E-state index contributed by atoms with van der Waals surface area (Å²) >= 11 is 0. The lowest BCUT2D eigenvalue weighted by molar-refractivity contribution is 0.0950. The lowest BCUT2D eigenvalue weighted by Gasteiger charge is -2.06. The molecule has 110 valence electrons. The molecule has 7 heteroatoms. The van der Waals surface area contributed by atoms with Gasteiger partial charge in [-0.15, -0.1) is 0 Å². The lowest BCUT2D eigenvalue weighted by Crippen LogP contribution is -2.23. The highest BCUT2D eigenvalue weighted by atomic mass is 32.2. The first kappa shape index (κ1) is 15.1. The minimum absolute atomic E-state index is 0.176. The number of rotatable bonds is 4. The molecular weight excluding hydrogens is 295 g/mol. The molecule has 0 atom stereocenters. The summed E-state index contributed by atoms with van der Waals surface area (Å²) < 4.78 is 35.5. The summed E-state index contributed by atoms with van der Waals surface area (Å²) in [5, 5.41) is 2.62. The third-order valence-corrected chi connectivity index (χ3v) is 3.92. The van der Waals surface area contributed by atoms with E-state index in [9.17, 15) is 17.6 Å². The minimum Gasteiger partial charge on any atom is -0.348 e. The smallest absolute Gasteiger partial charge is 0.251 e. The highest BCUT2D eigenvalue weighted by Gasteiger charge is 2.08. The van der Waals surface area contributed by atoms with Gasteiger partial charge in [0.25, 0.3) is 5.91 Å². The number of hydrogen-bond donors (Lipinski definition) is 1. The van der Waals surface area contributed by atoms with E-state index in [1.807, 2.05) is 0 Å². The summed E-state index contributed by atoms with van der Waals surface area (Å²) in [5.41, 5.74) is 0.917. The number of halogens is 1. The maximum absolute atomic E-state index is 12.9. The molecule has 1 aromatic carbocycles. The van der Waals surface area contributed by atoms with Gasteiger partial charge in [-0.25, -0.2) is 13.4 Å². The number of hydrogen-bond acceptors (Lipinski definition) is 4. The predicted molar refractivity (Wildman–Crippen MR) is 74.9 cm³/mol. The van der Waals surface area contributed by atoms with Crippen molar-refractivity contribution in [2.45, 2.75) is 11.4 Å². The Kier molecular flexibility index (Phi) is 4.32. The van der Waals surface area contributed by atoms with Crippen LogP contribution in [0.2, 0.25) is 0 Å². The van der Waals surface area contributed by atoms with Gasteiger partial charge in [0.2, 0.25) is 5.95 Å². The molecule has 1 amide bonds. The zero-order valence-corrected chi connectivity index (χ0v) is 12.0. The molecule has 0 bridgehead atoms. The van der Waals surface area contributed by atoms with Crippen LogP contribution in [0.4, 0.5) is 4.39 Å². The number of pyridine rings is 1. The van der Waals surface area contributed by atoms with Gasteiger partial charge in [0, 0.05) is 30.6 Å². The number of amides is 1. The van der Waals surface area contributed by atoms with Crippen molar-refractivity contribution in [1.82, 2.24) is 10.3 Å². The Bertz CT molecular complexity index is 758. The Morgan fingerprint density at radius 3 is 2.48 bits per heavy atom. The lowest BCUT2D eigenvalue weighted by atomic mass is 10.2. The molecule has 1 N–H and O–H groups in total. The molecule has 5 nitrogen and oxygen atoms in total. The van der Waals surface area contributed by atoms with Crippen LogP contribution in [0, 0.1) is 5.95 Å². The molecule has 0 aliphatic rings. The summed E-state index contributed by atoms with van der Waals surface area (Å²) in [6, 6.07) is 8.63. The van der Waals surface area contributed by atoms with Crippen molar-refractivity contribution >= 4 is 15.7 Å². The van der Waals surface area contributed by atoms with Crippen LogP contribution in [0.1, 0.15) is 15.9 Å². The largest absolute Gasteiger partial charge is 0.348 e. The predicted octanol–water partition coefficient (Wildman–Crippen LogP) is 1.55.